The molecule has 2 aromatic carbocycles. The fraction of sp³-hybridized carbons (Fsp3) is 0. The molecule has 0 saturated carbocycles. The second kappa shape index (κ2) is 6.38. The number of anilines is 2. The quantitative estimate of drug-likeness (QED) is 0.496. The molecule has 0 aliphatic carbocycles. The summed E-state index contributed by atoms with van der Waals surface area (Å²) >= 11 is 0. The summed E-state index contributed by atoms with van der Waals surface area (Å²) in [6.07, 6.45) is 6.45. The predicted octanol–water partition coefficient (Wildman–Crippen LogP) is 4.42. The molecule has 0 spiro atoms. The second-order valence-electron chi connectivity index (χ2n) is 5.94. The standard InChI is InChI=1S/C20H14N6O/c1-2-7-17-16(6-1)25-18(26-17)13-4-3-5-15(10-13)24-20-22-11-14(12-23-20)19-21-8-9-27-19/h1-12H,(H,25,26)(H,22,23,24). The first-order chi connectivity index (χ1) is 13.3. The Morgan fingerprint density at radius 3 is 2.59 bits per heavy atom. The molecule has 3 aromatic heterocycles. The molecule has 0 amide bonds. The molecule has 0 aliphatic heterocycles. The molecule has 5 aromatic rings. The summed E-state index contributed by atoms with van der Waals surface area (Å²) in [6, 6.07) is 15.9. The minimum absolute atomic E-state index is 0.493. The van der Waals surface area contributed by atoms with Crippen molar-refractivity contribution < 1.29 is 4.42 Å². The number of benzene rings is 2. The molecular weight excluding hydrogens is 340 g/mol. The number of hydrogen-bond donors (Lipinski definition) is 2. The van der Waals surface area contributed by atoms with Crippen LogP contribution in [0.2, 0.25) is 0 Å². The van der Waals surface area contributed by atoms with Gasteiger partial charge in [-0.25, -0.2) is 19.9 Å². The lowest BCUT2D eigenvalue weighted by Crippen LogP contribution is -1.97. The Labute approximate surface area is 154 Å². The van der Waals surface area contributed by atoms with E-state index in [4.69, 9.17) is 4.42 Å². The van der Waals surface area contributed by atoms with Crippen LogP contribution in [0.3, 0.4) is 0 Å². The van der Waals surface area contributed by atoms with Gasteiger partial charge < -0.3 is 14.7 Å². The molecule has 7 nitrogen and oxygen atoms in total. The van der Waals surface area contributed by atoms with Crippen molar-refractivity contribution >= 4 is 22.7 Å². The Morgan fingerprint density at radius 2 is 1.78 bits per heavy atom. The van der Waals surface area contributed by atoms with Gasteiger partial charge in [0, 0.05) is 23.6 Å². The van der Waals surface area contributed by atoms with Crippen LogP contribution in [0.4, 0.5) is 11.6 Å². The molecule has 130 valence electrons. The van der Waals surface area contributed by atoms with Gasteiger partial charge >= 0.3 is 0 Å². The summed E-state index contributed by atoms with van der Waals surface area (Å²) in [5, 5.41) is 3.21. The Hall–Kier alpha value is -4.00. The fourth-order valence-corrected chi connectivity index (χ4v) is 2.83. The summed E-state index contributed by atoms with van der Waals surface area (Å²) in [7, 11) is 0. The summed E-state index contributed by atoms with van der Waals surface area (Å²) in [5.41, 5.74) is 4.53. The predicted molar refractivity (Wildman–Crippen MR) is 102 cm³/mol. The third-order valence-corrected chi connectivity index (χ3v) is 4.11. The lowest BCUT2D eigenvalue weighted by Gasteiger charge is -2.06. The van der Waals surface area contributed by atoms with Crippen LogP contribution in [0, 0.1) is 0 Å². The minimum Gasteiger partial charge on any atom is -0.444 e. The van der Waals surface area contributed by atoms with Crippen LogP contribution in [0.1, 0.15) is 0 Å². The number of oxazole rings is 1. The number of rotatable bonds is 4. The summed E-state index contributed by atoms with van der Waals surface area (Å²) in [4.78, 5) is 20.7. The van der Waals surface area contributed by atoms with Crippen molar-refractivity contribution in [3.63, 3.8) is 0 Å². The fourth-order valence-electron chi connectivity index (χ4n) is 2.83. The summed E-state index contributed by atoms with van der Waals surface area (Å²) in [5.74, 6) is 1.81. The molecule has 0 atom stereocenters. The normalized spacial score (nSPS) is 11.0. The largest absolute Gasteiger partial charge is 0.444 e. The average molecular weight is 354 g/mol. The number of imidazole rings is 1. The maximum absolute atomic E-state index is 5.25. The van der Waals surface area contributed by atoms with Crippen LogP contribution in [0.25, 0.3) is 33.9 Å². The van der Waals surface area contributed by atoms with Crippen molar-refractivity contribution in [2.45, 2.75) is 0 Å². The van der Waals surface area contributed by atoms with Crippen LogP contribution in [0.5, 0.6) is 0 Å². The van der Waals surface area contributed by atoms with E-state index in [-0.39, 0.29) is 0 Å². The molecular formula is C20H14N6O. The van der Waals surface area contributed by atoms with E-state index in [1.54, 1.807) is 18.6 Å². The second-order valence-corrected chi connectivity index (χ2v) is 5.94. The Kier molecular flexibility index (Phi) is 3.61. The minimum atomic E-state index is 0.493. The SMILES string of the molecule is c1cc(Nc2ncc(-c3ncco3)cn2)cc(-c2nc3ccccc3[nH]2)c1. The zero-order valence-corrected chi connectivity index (χ0v) is 14.1. The maximum atomic E-state index is 5.25. The molecule has 3 heterocycles. The molecule has 27 heavy (non-hydrogen) atoms. The number of para-hydroxylation sites is 2. The van der Waals surface area contributed by atoms with E-state index in [0.29, 0.717) is 11.8 Å². The van der Waals surface area contributed by atoms with Gasteiger partial charge in [0.25, 0.3) is 0 Å². The van der Waals surface area contributed by atoms with Crippen molar-refractivity contribution in [3.8, 4) is 22.8 Å². The van der Waals surface area contributed by atoms with Crippen LogP contribution in [0.15, 0.2) is 77.8 Å². The highest BCUT2D eigenvalue weighted by molar-refractivity contribution is 5.80. The number of nitrogens with zero attached hydrogens (tertiary/aromatic N) is 4. The van der Waals surface area contributed by atoms with Gasteiger partial charge in [-0.3, -0.25) is 0 Å². The highest BCUT2D eigenvalue weighted by Crippen LogP contribution is 2.24. The van der Waals surface area contributed by atoms with Crippen molar-refractivity contribution in [3.05, 3.63) is 73.4 Å². The molecule has 0 aliphatic rings. The first-order valence-corrected chi connectivity index (χ1v) is 8.39. The third-order valence-electron chi connectivity index (χ3n) is 4.11. The van der Waals surface area contributed by atoms with E-state index < -0.39 is 0 Å². The lowest BCUT2D eigenvalue weighted by molar-refractivity contribution is 0.574. The third kappa shape index (κ3) is 3.02. The molecule has 0 saturated heterocycles. The van der Waals surface area contributed by atoms with Gasteiger partial charge in [0.2, 0.25) is 11.8 Å². The molecule has 0 bridgehead atoms. The van der Waals surface area contributed by atoms with Crippen molar-refractivity contribution in [1.29, 1.82) is 0 Å². The van der Waals surface area contributed by atoms with Gasteiger partial charge in [0.05, 0.1) is 22.8 Å². The topological polar surface area (TPSA) is 92.5 Å². The van der Waals surface area contributed by atoms with Gasteiger partial charge in [0.15, 0.2) is 0 Å². The number of hydrogen-bond acceptors (Lipinski definition) is 6. The van der Waals surface area contributed by atoms with Crippen molar-refractivity contribution in [2.24, 2.45) is 0 Å². The van der Waals surface area contributed by atoms with Crippen LogP contribution in [-0.4, -0.2) is 24.9 Å². The zero-order chi connectivity index (χ0) is 18.1. The van der Waals surface area contributed by atoms with E-state index in [0.717, 1.165) is 33.7 Å². The number of aromatic nitrogens is 5. The smallest absolute Gasteiger partial charge is 0.229 e. The van der Waals surface area contributed by atoms with Gasteiger partial charge in [-0.1, -0.05) is 24.3 Å². The van der Waals surface area contributed by atoms with Gasteiger partial charge in [-0.2, -0.15) is 0 Å². The average Bonchev–Trinajstić information content (AvgIpc) is 3.39. The van der Waals surface area contributed by atoms with E-state index in [1.165, 1.54) is 6.26 Å². The van der Waals surface area contributed by atoms with Gasteiger partial charge in [-0.05, 0) is 24.3 Å². The van der Waals surface area contributed by atoms with E-state index >= 15 is 0 Å². The van der Waals surface area contributed by atoms with Crippen molar-refractivity contribution in [1.82, 2.24) is 24.9 Å². The summed E-state index contributed by atoms with van der Waals surface area (Å²) < 4.78 is 5.25. The Morgan fingerprint density at radius 1 is 0.889 bits per heavy atom. The van der Waals surface area contributed by atoms with E-state index in [2.05, 4.69) is 30.2 Å². The van der Waals surface area contributed by atoms with Crippen LogP contribution < -0.4 is 5.32 Å². The first kappa shape index (κ1) is 15.3. The van der Waals surface area contributed by atoms with E-state index in [1.807, 2.05) is 48.5 Å². The van der Waals surface area contributed by atoms with Crippen LogP contribution >= 0.6 is 0 Å². The van der Waals surface area contributed by atoms with E-state index in [9.17, 15) is 0 Å². The number of nitrogens with one attached hydrogen (secondary N) is 2. The lowest BCUT2D eigenvalue weighted by atomic mass is 10.2. The number of H-pyrrole nitrogens is 1. The molecule has 5 rings (SSSR count). The highest BCUT2D eigenvalue weighted by Gasteiger charge is 2.07. The summed E-state index contributed by atoms with van der Waals surface area (Å²) in [6.45, 7) is 0. The molecule has 0 fully saturated rings. The van der Waals surface area contributed by atoms with Crippen LogP contribution in [-0.2, 0) is 0 Å². The number of fused-ring (bicyclic) bond motifs is 1. The molecule has 0 radical (unpaired) electrons. The number of aromatic amines is 1. The van der Waals surface area contributed by atoms with Gasteiger partial charge in [0.1, 0.15) is 12.1 Å². The van der Waals surface area contributed by atoms with Gasteiger partial charge in [-0.15, -0.1) is 0 Å². The Bertz CT molecular complexity index is 1160. The molecule has 2 N–H and O–H groups in total. The zero-order valence-electron chi connectivity index (χ0n) is 14.1. The molecule has 0 unspecified atom stereocenters. The van der Waals surface area contributed by atoms with Crippen molar-refractivity contribution in [2.75, 3.05) is 5.32 Å². The monoisotopic (exact) mass is 354 g/mol. The maximum Gasteiger partial charge on any atom is 0.229 e. The molecule has 7 heteroatoms. The first-order valence-electron chi connectivity index (χ1n) is 8.39. The highest BCUT2D eigenvalue weighted by atomic mass is 16.3. The Balaban J connectivity index is 1.40.